The minimum Gasteiger partial charge on any atom is -0.338 e. The summed E-state index contributed by atoms with van der Waals surface area (Å²) >= 11 is 0. The van der Waals surface area contributed by atoms with Gasteiger partial charge in [0, 0.05) is 13.1 Å². The molecule has 0 atom stereocenters. The molecular weight excluding hydrogens is 272 g/mol. The highest BCUT2D eigenvalue weighted by Gasteiger charge is 2.03. The van der Waals surface area contributed by atoms with E-state index in [-0.39, 0.29) is 6.03 Å². The Morgan fingerprint density at radius 1 is 0.955 bits per heavy atom. The fourth-order valence-corrected chi connectivity index (χ4v) is 2.47. The maximum Gasteiger partial charge on any atom is 0.315 e. The maximum absolute atomic E-state index is 11.8. The van der Waals surface area contributed by atoms with Crippen LogP contribution < -0.4 is 10.6 Å². The first-order chi connectivity index (χ1) is 10.5. The first kappa shape index (κ1) is 16.1. The van der Waals surface area contributed by atoms with Gasteiger partial charge in [0.1, 0.15) is 0 Å². The van der Waals surface area contributed by atoms with Crippen LogP contribution in [0.1, 0.15) is 27.8 Å². The van der Waals surface area contributed by atoms with Gasteiger partial charge in [-0.25, -0.2) is 4.79 Å². The van der Waals surface area contributed by atoms with Gasteiger partial charge in [-0.05, 0) is 43.9 Å². The topological polar surface area (TPSA) is 41.1 Å². The number of carbonyl (C=O) groups is 1. The van der Waals surface area contributed by atoms with Crippen molar-refractivity contribution < 1.29 is 4.79 Å². The van der Waals surface area contributed by atoms with E-state index in [1.165, 1.54) is 22.3 Å². The molecule has 2 aromatic carbocycles. The van der Waals surface area contributed by atoms with Crippen LogP contribution >= 0.6 is 0 Å². The zero-order valence-corrected chi connectivity index (χ0v) is 13.6. The fraction of sp³-hybridized carbons (Fsp3) is 0.316. The Hall–Kier alpha value is -2.29. The molecule has 116 valence electrons. The van der Waals surface area contributed by atoms with Crippen LogP contribution in [0, 0.1) is 20.8 Å². The summed E-state index contributed by atoms with van der Waals surface area (Å²) in [7, 11) is 0. The van der Waals surface area contributed by atoms with Gasteiger partial charge in [-0.15, -0.1) is 0 Å². The van der Waals surface area contributed by atoms with Gasteiger partial charge in [-0.1, -0.05) is 53.6 Å². The SMILES string of the molecule is Cc1cccc(CCNC(=O)NCc2ccc(C)cc2C)c1. The zero-order chi connectivity index (χ0) is 15.9. The highest BCUT2D eigenvalue weighted by atomic mass is 16.2. The van der Waals surface area contributed by atoms with E-state index in [0.717, 1.165) is 12.0 Å². The minimum absolute atomic E-state index is 0.118. The van der Waals surface area contributed by atoms with Crippen LogP contribution in [-0.4, -0.2) is 12.6 Å². The third-order valence-electron chi connectivity index (χ3n) is 3.72. The molecule has 3 heteroatoms. The second kappa shape index (κ2) is 7.64. The molecule has 0 radical (unpaired) electrons. The molecule has 0 aromatic heterocycles. The Bertz CT molecular complexity index is 650. The standard InChI is InChI=1S/C19H24N2O/c1-14-5-4-6-17(12-14)9-10-20-19(22)21-13-18-8-7-15(2)11-16(18)3/h4-8,11-12H,9-10,13H2,1-3H3,(H2,20,21,22). The molecule has 0 heterocycles. The summed E-state index contributed by atoms with van der Waals surface area (Å²) in [6.45, 7) is 7.42. The van der Waals surface area contributed by atoms with Crippen LogP contribution in [0.5, 0.6) is 0 Å². The third-order valence-corrected chi connectivity index (χ3v) is 3.72. The van der Waals surface area contributed by atoms with E-state index < -0.39 is 0 Å². The Labute approximate surface area is 132 Å². The predicted octanol–water partition coefficient (Wildman–Crippen LogP) is 3.65. The van der Waals surface area contributed by atoms with Crippen molar-refractivity contribution >= 4 is 6.03 Å². The number of nitrogens with one attached hydrogen (secondary N) is 2. The molecule has 0 aliphatic carbocycles. The van der Waals surface area contributed by atoms with Crippen LogP contribution in [0.4, 0.5) is 4.79 Å². The van der Waals surface area contributed by atoms with Crippen LogP contribution in [0.25, 0.3) is 0 Å². The molecule has 2 rings (SSSR count). The summed E-state index contributed by atoms with van der Waals surface area (Å²) < 4.78 is 0. The Morgan fingerprint density at radius 3 is 2.45 bits per heavy atom. The Morgan fingerprint density at radius 2 is 1.73 bits per heavy atom. The average Bonchev–Trinajstić information content (AvgIpc) is 2.46. The molecule has 0 spiro atoms. The summed E-state index contributed by atoms with van der Waals surface area (Å²) in [4.78, 5) is 11.8. The van der Waals surface area contributed by atoms with E-state index in [0.29, 0.717) is 13.1 Å². The van der Waals surface area contributed by atoms with Crippen LogP contribution in [0.2, 0.25) is 0 Å². The second-order valence-electron chi connectivity index (χ2n) is 5.78. The summed E-state index contributed by atoms with van der Waals surface area (Å²) in [5.41, 5.74) is 6.09. The number of carbonyl (C=O) groups excluding carboxylic acids is 1. The molecule has 0 saturated heterocycles. The first-order valence-electron chi connectivity index (χ1n) is 7.68. The lowest BCUT2D eigenvalue weighted by Crippen LogP contribution is -2.36. The van der Waals surface area contributed by atoms with E-state index in [4.69, 9.17) is 0 Å². The quantitative estimate of drug-likeness (QED) is 0.868. The molecule has 3 nitrogen and oxygen atoms in total. The van der Waals surface area contributed by atoms with Crippen molar-refractivity contribution in [2.75, 3.05) is 6.54 Å². The number of aryl methyl sites for hydroxylation is 3. The molecule has 22 heavy (non-hydrogen) atoms. The van der Waals surface area contributed by atoms with Gasteiger partial charge in [0.05, 0.1) is 0 Å². The number of amides is 2. The van der Waals surface area contributed by atoms with Gasteiger partial charge in [-0.2, -0.15) is 0 Å². The first-order valence-corrected chi connectivity index (χ1v) is 7.68. The number of hydrogen-bond acceptors (Lipinski definition) is 1. The molecule has 0 aliphatic rings. The monoisotopic (exact) mass is 296 g/mol. The molecule has 0 fully saturated rings. The minimum atomic E-state index is -0.118. The van der Waals surface area contributed by atoms with E-state index in [2.05, 4.69) is 67.8 Å². The van der Waals surface area contributed by atoms with Crippen molar-refractivity contribution in [3.05, 3.63) is 70.3 Å². The molecule has 0 unspecified atom stereocenters. The van der Waals surface area contributed by atoms with Crippen LogP contribution in [0.3, 0.4) is 0 Å². The number of rotatable bonds is 5. The van der Waals surface area contributed by atoms with Crippen molar-refractivity contribution in [1.82, 2.24) is 10.6 Å². The highest BCUT2D eigenvalue weighted by molar-refractivity contribution is 5.73. The van der Waals surface area contributed by atoms with Crippen LogP contribution in [0.15, 0.2) is 42.5 Å². The van der Waals surface area contributed by atoms with Gasteiger partial charge in [0.2, 0.25) is 0 Å². The molecule has 2 amide bonds. The molecule has 0 saturated carbocycles. The average molecular weight is 296 g/mol. The molecular formula is C19H24N2O. The molecule has 0 aliphatic heterocycles. The zero-order valence-electron chi connectivity index (χ0n) is 13.6. The van der Waals surface area contributed by atoms with Crippen molar-refractivity contribution in [2.24, 2.45) is 0 Å². The highest BCUT2D eigenvalue weighted by Crippen LogP contribution is 2.10. The van der Waals surface area contributed by atoms with Gasteiger partial charge in [-0.3, -0.25) is 0 Å². The Kier molecular flexibility index (Phi) is 5.59. The second-order valence-corrected chi connectivity index (χ2v) is 5.78. The van der Waals surface area contributed by atoms with E-state index in [1.54, 1.807) is 0 Å². The normalized spacial score (nSPS) is 10.3. The lowest BCUT2D eigenvalue weighted by atomic mass is 10.1. The summed E-state index contributed by atoms with van der Waals surface area (Å²) in [5.74, 6) is 0. The molecule has 2 aromatic rings. The van der Waals surface area contributed by atoms with Crippen LogP contribution in [-0.2, 0) is 13.0 Å². The number of benzene rings is 2. The van der Waals surface area contributed by atoms with Crippen molar-refractivity contribution in [2.45, 2.75) is 33.7 Å². The number of urea groups is 1. The Balaban J connectivity index is 1.74. The van der Waals surface area contributed by atoms with Crippen molar-refractivity contribution in [1.29, 1.82) is 0 Å². The van der Waals surface area contributed by atoms with E-state index in [9.17, 15) is 4.79 Å². The molecule has 2 N–H and O–H groups in total. The van der Waals surface area contributed by atoms with E-state index in [1.807, 2.05) is 6.07 Å². The van der Waals surface area contributed by atoms with Gasteiger partial charge < -0.3 is 10.6 Å². The molecule has 0 bridgehead atoms. The summed E-state index contributed by atoms with van der Waals surface area (Å²) in [6, 6.07) is 14.5. The van der Waals surface area contributed by atoms with Crippen molar-refractivity contribution in [3.8, 4) is 0 Å². The number of hydrogen-bond donors (Lipinski definition) is 2. The lowest BCUT2D eigenvalue weighted by Gasteiger charge is -2.10. The predicted molar refractivity (Wildman–Crippen MR) is 91.0 cm³/mol. The third kappa shape index (κ3) is 4.92. The fourth-order valence-electron chi connectivity index (χ4n) is 2.47. The largest absolute Gasteiger partial charge is 0.338 e. The van der Waals surface area contributed by atoms with Gasteiger partial charge in [0.15, 0.2) is 0 Å². The van der Waals surface area contributed by atoms with Crippen molar-refractivity contribution in [3.63, 3.8) is 0 Å². The summed E-state index contributed by atoms with van der Waals surface area (Å²) in [6.07, 6.45) is 0.846. The lowest BCUT2D eigenvalue weighted by molar-refractivity contribution is 0.240. The summed E-state index contributed by atoms with van der Waals surface area (Å²) in [5, 5.41) is 5.81. The smallest absolute Gasteiger partial charge is 0.315 e. The van der Waals surface area contributed by atoms with E-state index >= 15 is 0 Å². The van der Waals surface area contributed by atoms with Gasteiger partial charge >= 0.3 is 6.03 Å². The van der Waals surface area contributed by atoms with Gasteiger partial charge in [0.25, 0.3) is 0 Å². The maximum atomic E-state index is 11.8.